The molecule has 150 valence electrons. The number of aromatic hydroxyl groups is 1. The van der Waals surface area contributed by atoms with Crippen LogP contribution in [0.5, 0.6) is 5.75 Å². The molecule has 2 atom stereocenters. The van der Waals surface area contributed by atoms with E-state index in [0.717, 1.165) is 5.56 Å². The highest BCUT2D eigenvalue weighted by molar-refractivity contribution is 5.93. The van der Waals surface area contributed by atoms with Crippen molar-refractivity contribution in [2.24, 2.45) is 0 Å². The Balaban J connectivity index is 0.00000392. The molecule has 0 spiro atoms. The molecule has 0 radical (unpaired) electrons. The number of carbonyl (C=O) groups excluding carboxylic acids is 1. The first-order valence-corrected chi connectivity index (χ1v) is 8.63. The Morgan fingerprint density at radius 1 is 1.25 bits per heavy atom. The summed E-state index contributed by atoms with van der Waals surface area (Å²) in [6, 6.07) is 13.2. The summed E-state index contributed by atoms with van der Waals surface area (Å²) in [5.41, 5.74) is 0.896. The minimum atomic E-state index is -0.678. The summed E-state index contributed by atoms with van der Waals surface area (Å²) in [6.07, 6.45) is 2.51. The maximum Gasteiger partial charge on any atom is 0.311 e. The van der Waals surface area contributed by atoms with E-state index in [4.69, 9.17) is 0 Å². The van der Waals surface area contributed by atoms with E-state index < -0.39 is 22.5 Å². The second kappa shape index (κ2) is 11.2. The van der Waals surface area contributed by atoms with Crippen LogP contribution < -0.4 is 17.7 Å². The van der Waals surface area contributed by atoms with E-state index in [-0.39, 0.29) is 30.7 Å². The molecule has 0 aliphatic heterocycles. The summed E-state index contributed by atoms with van der Waals surface area (Å²) in [6.45, 7) is 2.41. The van der Waals surface area contributed by atoms with Crippen LogP contribution in [0, 0.1) is 10.1 Å². The number of ketones is 1. The van der Waals surface area contributed by atoms with Crippen molar-refractivity contribution in [2.75, 3.05) is 6.54 Å². The second-order valence-corrected chi connectivity index (χ2v) is 6.29. The number of benzene rings is 2. The topological polar surface area (TPSA) is 117 Å². The van der Waals surface area contributed by atoms with Crippen LogP contribution in [0.15, 0.2) is 54.6 Å². The number of rotatable bonds is 9. The van der Waals surface area contributed by atoms with Gasteiger partial charge in [-0.05, 0) is 30.2 Å². The van der Waals surface area contributed by atoms with Crippen molar-refractivity contribution in [1.29, 1.82) is 0 Å². The molecule has 2 unspecified atom stereocenters. The molecule has 2 aromatic rings. The molecule has 0 bridgehead atoms. The van der Waals surface area contributed by atoms with Crippen molar-refractivity contribution >= 4 is 17.5 Å². The molecule has 0 aromatic heterocycles. The molecule has 8 heteroatoms. The molecular formula is C20H23ClN2O5. The fourth-order valence-electron chi connectivity index (χ4n) is 2.63. The smallest absolute Gasteiger partial charge is 0.311 e. The number of nitro benzene ring substituents is 1. The number of halogens is 1. The van der Waals surface area contributed by atoms with Crippen LogP contribution in [0.25, 0.3) is 6.08 Å². The van der Waals surface area contributed by atoms with Crippen LogP contribution in [0.4, 0.5) is 5.69 Å². The molecule has 4 N–H and O–H groups in total. The average Bonchev–Trinajstić information content (AvgIpc) is 2.67. The number of aliphatic hydroxyl groups is 1. The summed E-state index contributed by atoms with van der Waals surface area (Å²) in [5.74, 6) is -0.535. The average molecular weight is 407 g/mol. The number of phenolic OH excluding ortho intramolecular Hbond substituents is 1. The third kappa shape index (κ3) is 6.77. The van der Waals surface area contributed by atoms with Gasteiger partial charge in [0.05, 0.1) is 17.9 Å². The van der Waals surface area contributed by atoms with Crippen LogP contribution in [-0.2, 0) is 4.79 Å². The molecule has 0 heterocycles. The largest absolute Gasteiger partial charge is 1.00 e. The highest BCUT2D eigenvalue weighted by atomic mass is 35.5. The summed E-state index contributed by atoms with van der Waals surface area (Å²) in [5, 5.41) is 32.4. The van der Waals surface area contributed by atoms with Gasteiger partial charge in [0, 0.05) is 6.07 Å². The molecule has 0 amide bonds. The Hall–Kier alpha value is -2.74. The normalized spacial score (nSPS) is 12.9. The first kappa shape index (κ1) is 23.3. The Morgan fingerprint density at radius 2 is 1.93 bits per heavy atom. The van der Waals surface area contributed by atoms with E-state index in [9.17, 15) is 25.1 Å². The van der Waals surface area contributed by atoms with Gasteiger partial charge in [-0.15, -0.1) is 0 Å². The number of nitro groups is 1. The van der Waals surface area contributed by atoms with Crippen LogP contribution in [0.1, 0.15) is 30.6 Å². The number of aliphatic hydroxyl groups excluding tert-OH is 1. The molecule has 0 saturated heterocycles. The van der Waals surface area contributed by atoms with Gasteiger partial charge in [0.25, 0.3) is 0 Å². The van der Waals surface area contributed by atoms with Crippen molar-refractivity contribution in [3.63, 3.8) is 0 Å². The Kier molecular flexibility index (Phi) is 9.31. The summed E-state index contributed by atoms with van der Waals surface area (Å²) < 4.78 is 0. The van der Waals surface area contributed by atoms with E-state index in [1.54, 1.807) is 0 Å². The van der Waals surface area contributed by atoms with E-state index in [2.05, 4.69) is 0 Å². The van der Waals surface area contributed by atoms with Gasteiger partial charge in [0.2, 0.25) is 0 Å². The second-order valence-electron chi connectivity index (χ2n) is 6.29. The Morgan fingerprint density at radius 3 is 2.57 bits per heavy atom. The fraction of sp³-hybridized carbons (Fsp3) is 0.250. The van der Waals surface area contributed by atoms with Crippen molar-refractivity contribution in [3.05, 3.63) is 75.8 Å². The van der Waals surface area contributed by atoms with Crippen molar-refractivity contribution in [1.82, 2.24) is 0 Å². The lowest BCUT2D eigenvalue weighted by atomic mass is 10.0. The highest BCUT2D eigenvalue weighted by Crippen LogP contribution is 2.26. The predicted octanol–water partition coefficient (Wildman–Crippen LogP) is -1.04. The predicted molar refractivity (Wildman–Crippen MR) is 101 cm³/mol. The molecule has 2 aromatic carbocycles. The highest BCUT2D eigenvalue weighted by Gasteiger charge is 2.18. The van der Waals surface area contributed by atoms with Crippen LogP contribution in [0.2, 0.25) is 0 Å². The van der Waals surface area contributed by atoms with Crippen molar-refractivity contribution in [2.45, 2.75) is 25.5 Å². The summed E-state index contributed by atoms with van der Waals surface area (Å²) in [4.78, 5) is 22.1. The third-order valence-corrected chi connectivity index (χ3v) is 4.23. The molecule has 0 aliphatic rings. The lowest BCUT2D eigenvalue weighted by Gasteiger charge is -2.17. The van der Waals surface area contributed by atoms with Gasteiger partial charge in [0.15, 0.2) is 11.5 Å². The lowest BCUT2D eigenvalue weighted by Crippen LogP contribution is -3.00. The molecule has 0 saturated carbocycles. The first-order valence-electron chi connectivity index (χ1n) is 8.63. The SMILES string of the molecule is CC([NH2+]CCC(=O)/C=C/c1ccc(O)c([N+](=O)[O-])c1)C(O)c1ccccc1.[Cl-]. The number of quaternary nitrogens is 1. The van der Waals surface area contributed by atoms with E-state index in [1.165, 1.54) is 30.4 Å². The van der Waals surface area contributed by atoms with Crippen molar-refractivity contribution < 1.29 is 37.7 Å². The van der Waals surface area contributed by atoms with Crippen molar-refractivity contribution in [3.8, 4) is 5.75 Å². The molecular weight excluding hydrogens is 384 g/mol. The number of nitrogens with two attached hydrogens (primary N) is 1. The zero-order chi connectivity index (χ0) is 19.8. The Labute approximate surface area is 169 Å². The summed E-state index contributed by atoms with van der Waals surface area (Å²) >= 11 is 0. The molecule has 0 aliphatic carbocycles. The van der Waals surface area contributed by atoms with Gasteiger partial charge in [-0.25, -0.2) is 0 Å². The van der Waals surface area contributed by atoms with E-state index in [1.807, 2.05) is 42.6 Å². The minimum Gasteiger partial charge on any atom is -1.00 e. The van der Waals surface area contributed by atoms with Gasteiger partial charge in [-0.2, -0.15) is 0 Å². The maximum atomic E-state index is 12.0. The zero-order valence-corrected chi connectivity index (χ0v) is 16.1. The quantitative estimate of drug-likeness (QED) is 0.279. The number of nitrogens with zero attached hydrogens (tertiary/aromatic N) is 1. The van der Waals surface area contributed by atoms with Gasteiger partial charge in [-0.3, -0.25) is 14.9 Å². The van der Waals surface area contributed by atoms with Gasteiger partial charge >= 0.3 is 5.69 Å². The van der Waals surface area contributed by atoms with Gasteiger partial charge < -0.3 is 27.9 Å². The number of hydrogen-bond donors (Lipinski definition) is 3. The molecule has 28 heavy (non-hydrogen) atoms. The number of hydrogen-bond acceptors (Lipinski definition) is 5. The third-order valence-electron chi connectivity index (χ3n) is 4.23. The number of allylic oxidation sites excluding steroid dienone is 1. The van der Waals surface area contributed by atoms with Crippen LogP contribution in [0.3, 0.4) is 0 Å². The number of carbonyl (C=O) groups is 1. The Bertz CT molecular complexity index is 827. The first-order chi connectivity index (χ1) is 12.9. The van der Waals surface area contributed by atoms with Gasteiger partial charge in [0.1, 0.15) is 12.1 Å². The van der Waals surface area contributed by atoms with E-state index >= 15 is 0 Å². The van der Waals surface area contributed by atoms with E-state index in [0.29, 0.717) is 12.1 Å². The van der Waals surface area contributed by atoms with Crippen LogP contribution >= 0.6 is 0 Å². The molecule has 2 rings (SSSR count). The van der Waals surface area contributed by atoms with Crippen LogP contribution in [-0.4, -0.2) is 33.5 Å². The zero-order valence-electron chi connectivity index (χ0n) is 15.4. The maximum absolute atomic E-state index is 12.0. The minimum absolute atomic E-state index is 0. The standard InChI is InChI=1S/C20H22N2O5.ClH/c1-14(20(25)16-5-3-2-4-6-16)21-12-11-17(23)9-7-15-8-10-19(24)18(13-15)22(26)27;/h2-10,13-14,20-21,24-25H,11-12H2,1H3;1H/b9-7+;. The monoisotopic (exact) mass is 406 g/mol. The van der Waals surface area contributed by atoms with Gasteiger partial charge in [-0.1, -0.05) is 42.5 Å². The lowest BCUT2D eigenvalue weighted by molar-refractivity contribution is -0.693. The summed E-state index contributed by atoms with van der Waals surface area (Å²) in [7, 11) is 0. The fourth-order valence-corrected chi connectivity index (χ4v) is 2.63. The molecule has 0 fully saturated rings. The molecule has 7 nitrogen and oxygen atoms in total. The number of phenols is 1.